The van der Waals surface area contributed by atoms with Crippen LogP contribution in [0, 0.1) is 3.57 Å². The molecule has 0 nitrogen and oxygen atoms in total. The first-order valence-electron chi connectivity index (χ1n) is 3.01. The molecule has 0 fully saturated rings. The number of hydrogen-bond donors (Lipinski definition) is 0. The molecule has 0 aliphatic carbocycles. The topological polar surface area (TPSA) is 0 Å². The summed E-state index contributed by atoms with van der Waals surface area (Å²) in [5.74, 6) is 0. The van der Waals surface area contributed by atoms with Crippen LogP contribution in [0.25, 0.3) is 0 Å². The van der Waals surface area contributed by atoms with Crippen molar-refractivity contribution >= 4 is 40.2 Å². The molecule has 0 N–H and O–H groups in total. The highest BCUT2D eigenvalue weighted by molar-refractivity contribution is 14.1. The summed E-state index contributed by atoms with van der Waals surface area (Å²) < 4.78 is 1.29. The molecule has 0 aliphatic heterocycles. The van der Waals surface area contributed by atoms with Gasteiger partial charge in [-0.3, -0.25) is 0 Å². The summed E-state index contributed by atoms with van der Waals surface area (Å²) in [5, 5.41) is 1.76. The molecule has 0 radical (unpaired) electrons. The van der Waals surface area contributed by atoms with Gasteiger partial charge in [-0.25, -0.2) is 0 Å². The number of rotatable bonds is 2. The van der Waals surface area contributed by atoms with E-state index in [1.165, 1.54) is 9.13 Å². The van der Waals surface area contributed by atoms with E-state index in [9.17, 15) is 0 Å². The van der Waals surface area contributed by atoms with Crippen LogP contribution >= 0.6 is 34.8 Å². The lowest BCUT2D eigenvalue weighted by atomic mass is 10.2. The van der Waals surface area contributed by atoms with Crippen LogP contribution in [0.15, 0.2) is 24.3 Å². The van der Waals surface area contributed by atoms with E-state index in [4.69, 9.17) is 12.2 Å². The summed E-state index contributed by atoms with van der Waals surface area (Å²) in [6.07, 6.45) is 0.897. The molecule has 1 aromatic carbocycles. The minimum atomic E-state index is 0.897. The van der Waals surface area contributed by atoms with Gasteiger partial charge in [0.25, 0.3) is 0 Å². The zero-order chi connectivity index (χ0) is 7.40. The molecule has 2 heteroatoms. The lowest BCUT2D eigenvalue weighted by Gasteiger charge is -1.97. The second-order valence-electron chi connectivity index (χ2n) is 1.96. The third kappa shape index (κ3) is 2.02. The van der Waals surface area contributed by atoms with Crippen LogP contribution in [0.4, 0.5) is 0 Å². The number of hydrogen-bond acceptors (Lipinski definition) is 1. The average molecular weight is 262 g/mol. The molecule has 52 valence electrons. The van der Waals surface area contributed by atoms with Gasteiger partial charge in [0.15, 0.2) is 0 Å². The standard InChI is InChI=1S/C8H7IS/c9-8-4-2-1-3-7(8)5-6-10/h1-4,6H,5H2. The van der Waals surface area contributed by atoms with E-state index in [1.807, 2.05) is 12.1 Å². The van der Waals surface area contributed by atoms with Crippen molar-refractivity contribution in [3.05, 3.63) is 33.4 Å². The van der Waals surface area contributed by atoms with Crippen LogP contribution in [-0.4, -0.2) is 5.37 Å². The fraction of sp³-hybridized carbons (Fsp3) is 0.125. The van der Waals surface area contributed by atoms with Gasteiger partial charge in [-0.1, -0.05) is 30.4 Å². The van der Waals surface area contributed by atoms with Crippen molar-refractivity contribution in [2.45, 2.75) is 6.42 Å². The van der Waals surface area contributed by atoms with Crippen molar-refractivity contribution in [3.63, 3.8) is 0 Å². The molecule has 1 rings (SSSR count). The van der Waals surface area contributed by atoms with Gasteiger partial charge in [0.2, 0.25) is 0 Å². The Balaban J connectivity index is 2.91. The minimum absolute atomic E-state index is 0.897. The van der Waals surface area contributed by atoms with Crippen molar-refractivity contribution in [1.82, 2.24) is 0 Å². The highest BCUT2D eigenvalue weighted by atomic mass is 127. The molecule has 0 amide bonds. The SMILES string of the molecule is S=CCc1ccccc1I. The largest absolute Gasteiger partial charge is 0.0931 e. The molecule has 0 unspecified atom stereocenters. The molecule has 1 aromatic rings. The second-order valence-corrected chi connectivity index (χ2v) is 3.46. The molecule has 0 aromatic heterocycles. The fourth-order valence-corrected chi connectivity index (χ4v) is 1.54. The lowest BCUT2D eigenvalue weighted by molar-refractivity contribution is 1.35. The maximum absolute atomic E-state index is 4.77. The van der Waals surface area contributed by atoms with Crippen LogP contribution in [0.3, 0.4) is 0 Å². The van der Waals surface area contributed by atoms with Crippen LogP contribution in [-0.2, 0) is 6.42 Å². The Kier molecular flexibility index (Phi) is 3.28. The summed E-state index contributed by atoms with van der Waals surface area (Å²) in [5.41, 5.74) is 1.32. The molecule has 0 heterocycles. The first-order chi connectivity index (χ1) is 4.84. The molecule has 0 spiro atoms. The smallest absolute Gasteiger partial charge is 0.0165 e. The van der Waals surface area contributed by atoms with E-state index in [-0.39, 0.29) is 0 Å². The maximum atomic E-state index is 4.77. The highest BCUT2D eigenvalue weighted by Crippen LogP contribution is 2.10. The zero-order valence-electron chi connectivity index (χ0n) is 5.38. The quantitative estimate of drug-likeness (QED) is 0.583. The van der Waals surface area contributed by atoms with Gasteiger partial charge in [-0.15, -0.1) is 0 Å². The summed E-state index contributed by atoms with van der Waals surface area (Å²) in [6, 6.07) is 8.27. The average Bonchev–Trinajstić information content (AvgIpc) is 1.94. The van der Waals surface area contributed by atoms with Gasteiger partial charge in [-0.2, -0.15) is 0 Å². The van der Waals surface area contributed by atoms with E-state index < -0.39 is 0 Å². The normalized spacial score (nSPS) is 9.30. The first-order valence-corrected chi connectivity index (χ1v) is 4.56. The van der Waals surface area contributed by atoms with Crippen molar-refractivity contribution < 1.29 is 0 Å². The zero-order valence-corrected chi connectivity index (χ0v) is 8.35. The number of halogens is 1. The van der Waals surface area contributed by atoms with Crippen LogP contribution in [0.2, 0.25) is 0 Å². The molecule has 0 aliphatic rings. The fourth-order valence-electron chi connectivity index (χ4n) is 0.754. The third-order valence-corrected chi connectivity index (χ3v) is 2.48. The first kappa shape index (κ1) is 8.14. The summed E-state index contributed by atoms with van der Waals surface area (Å²) in [4.78, 5) is 0. The number of thiocarbonyl (C=S) groups is 1. The Morgan fingerprint density at radius 1 is 1.40 bits per heavy atom. The summed E-state index contributed by atoms with van der Waals surface area (Å²) in [6.45, 7) is 0. The number of benzene rings is 1. The van der Waals surface area contributed by atoms with Gasteiger partial charge in [-0.05, 0) is 39.6 Å². The molecule has 0 atom stereocenters. The molecule has 0 bridgehead atoms. The van der Waals surface area contributed by atoms with Crippen molar-refractivity contribution in [3.8, 4) is 0 Å². The Labute approximate surface area is 79.8 Å². The van der Waals surface area contributed by atoms with Crippen LogP contribution in [0.5, 0.6) is 0 Å². The maximum Gasteiger partial charge on any atom is 0.0165 e. The van der Waals surface area contributed by atoms with E-state index in [2.05, 4.69) is 34.7 Å². The monoisotopic (exact) mass is 262 g/mol. The molecule has 10 heavy (non-hydrogen) atoms. The van der Waals surface area contributed by atoms with Crippen LogP contribution < -0.4 is 0 Å². The molecule has 0 saturated carbocycles. The summed E-state index contributed by atoms with van der Waals surface area (Å²) >= 11 is 7.08. The summed E-state index contributed by atoms with van der Waals surface area (Å²) in [7, 11) is 0. The second kappa shape index (κ2) is 4.03. The Bertz CT molecular complexity index is 232. The van der Waals surface area contributed by atoms with Crippen molar-refractivity contribution in [2.75, 3.05) is 0 Å². The molecular formula is C8H7IS. The van der Waals surface area contributed by atoms with Crippen LogP contribution in [0.1, 0.15) is 5.56 Å². The van der Waals surface area contributed by atoms with Gasteiger partial charge in [0, 0.05) is 9.99 Å². The van der Waals surface area contributed by atoms with Gasteiger partial charge < -0.3 is 0 Å². The Hall–Kier alpha value is 0.0400. The molecular weight excluding hydrogens is 255 g/mol. The lowest BCUT2D eigenvalue weighted by Crippen LogP contribution is -1.86. The van der Waals surface area contributed by atoms with Gasteiger partial charge in [0.05, 0.1) is 0 Å². The predicted octanol–water partition coefficient (Wildman–Crippen LogP) is 2.83. The van der Waals surface area contributed by atoms with E-state index >= 15 is 0 Å². The Morgan fingerprint density at radius 2 is 2.10 bits per heavy atom. The van der Waals surface area contributed by atoms with E-state index in [0.29, 0.717) is 0 Å². The van der Waals surface area contributed by atoms with Crippen molar-refractivity contribution in [1.29, 1.82) is 0 Å². The van der Waals surface area contributed by atoms with E-state index in [0.717, 1.165) is 6.42 Å². The minimum Gasteiger partial charge on any atom is -0.0931 e. The third-order valence-electron chi connectivity index (χ3n) is 1.26. The molecule has 0 saturated heterocycles. The predicted molar refractivity (Wildman–Crippen MR) is 56.5 cm³/mol. The van der Waals surface area contributed by atoms with E-state index in [1.54, 1.807) is 5.37 Å². The van der Waals surface area contributed by atoms with Gasteiger partial charge in [0.1, 0.15) is 0 Å². The van der Waals surface area contributed by atoms with Crippen molar-refractivity contribution in [2.24, 2.45) is 0 Å². The highest BCUT2D eigenvalue weighted by Gasteiger charge is 1.93. The van der Waals surface area contributed by atoms with Gasteiger partial charge >= 0.3 is 0 Å². The Morgan fingerprint density at radius 3 is 2.70 bits per heavy atom.